The molecule has 0 radical (unpaired) electrons. The van der Waals surface area contributed by atoms with Crippen molar-refractivity contribution >= 4 is 23.1 Å². The lowest BCUT2D eigenvalue weighted by Gasteiger charge is -2.28. The average molecular weight is 283 g/mol. The first-order valence-electron chi connectivity index (χ1n) is 6.56. The van der Waals surface area contributed by atoms with Gasteiger partial charge in [-0.3, -0.25) is 10.1 Å². The van der Waals surface area contributed by atoms with Gasteiger partial charge in [0, 0.05) is 6.04 Å². The van der Waals surface area contributed by atoms with Gasteiger partial charge >= 0.3 is 5.69 Å². The Morgan fingerprint density at radius 3 is 2.58 bits per heavy atom. The Labute approximate surface area is 115 Å². The standard InChI is InChI=1S/C12H15ClN4O2/c13-11-6-10(17(18)19)12(16-15-11)14-9-4-7-1-2-8(3-7)5-9/h6-9H,1-5H2,(H,14,16)/t7-,8?,9+/m0/s1. The van der Waals surface area contributed by atoms with E-state index in [0.717, 1.165) is 24.7 Å². The van der Waals surface area contributed by atoms with Gasteiger partial charge in [0.1, 0.15) is 0 Å². The number of rotatable bonds is 3. The van der Waals surface area contributed by atoms with Gasteiger partial charge in [-0.15, -0.1) is 10.2 Å². The van der Waals surface area contributed by atoms with E-state index in [1.165, 1.54) is 25.3 Å². The summed E-state index contributed by atoms with van der Waals surface area (Å²) in [5.41, 5.74) is -0.0991. The van der Waals surface area contributed by atoms with E-state index in [0.29, 0.717) is 0 Å². The van der Waals surface area contributed by atoms with Crippen LogP contribution in [0.25, 0.3) is 0 Å². The minimum absolute atomic E-state index is 0.0426. The molecule has 0 aromatic carbocycles. The van der Waals surface area contributed by atoms with Crippen LogP contribution >= 0.6 is 11.6 Å². The minimum atomic E-state index is -0.472. The lowest BCUT2D eigenvalue weighted by atomic mass is 9.85. The highest BCUT2D eigenvalue weighted by molar-refractivity contribution is 6.29. The molecule has 0 saturated heterocycles. The van der Waals surface area contributed by atoms with Crippen molar-refractivity contribution in [2.45, 2.75) is 38.1 Å². The van der Waals surface area contributed by atoms with Gasteiger partial charge in [-0.2, -0.15) is 0 Å². The van der Waals surface area contributed by atoms with Gasteiger partial charge in [-0.25, -0.2) is 0 Å². The smallest absolute Gasteiger partial charge is 0.316 e. The van der Waals surface area contributed by atoms with Crippen molar-refractivity contribution in [1.82, 2.24) is 10.2 Å². The van der Waals surface area contributed by atoms with Gasteiger partial charge < -0.3 is 5.32 Å². The number of nitro groups is 1. The molecule has 1 aromatic rings. The number of halogens is 1. The maximum atomic E-state index is 11.0. The monoisotopic (exact) mass is 282 g/mol. The zero-order chi connectivity index (χ0) is 13.4. The molecule has 1 unspecified atom stereocenters. The molecule has 3 atom stereocenters. The molecule has 7 heteroatoms. The third-order valence-electron chi connectivity index (χ3n) is 4.17. The first kappa shape index (κ1) is 12.6. The molecule has 0 amide bonds. The van der Waals surface area contributed by atoms with Crippen LogP contribution in [-0.2, 0) is 0 Å². The summed E-state index contributed by atoms with van der Waals surface area (Å²) in [6, 6.07) is 1.51. The maximum absolute atomic E-state index is 11.0. The second-order valence-corrected chi connectivity index (χ2v) is 5.90. The topological polar surface area (TPSA) is 81.0 Å². The number of nitrogens with one attached hydrogen (secondary N) is 1. The predicted molar refractivity (Wildman–Crippen MR) is 71.2 cm³/mol. The Morgan fingerprint density at radius 1 is 1.26 bits per heavy atom. The van der Waals surface area contributed by atoms with Crippen molar-refractivity contribution in [3.05, 3.63) is 21.3 Å². The van der Waals surface area contributed by atoms with E-state index in [-0.39, 0.29) is 22.7 Å². The van der Waals surface area contributed by atoms with Crippen molar-refractivity contribution in [2.75, 3.05) is 5.32 Å². The van der Waals surface area contributed by atoms with E-state index in [1.807, 2.05) is 0 Å². The highest BCUT2D eigenvalue weighted by Gasteiger charge is 2.35. The number of fused-ring (bicyclic) bond motifs is 2. The van der Waals surface area contributed by atoms with Crippen LogP contribution in [0.4, 0.5) is 11.5 Å². The molecule has 2 saturated carbocycles. The predicted octanol–water partition coefficient (Wildman–Crippen LogP) is 3.03. The minimum Gasteiger partial charge on any atom is -0.360 e. The first-order valence-corrected chi connectivity index (χ1v) is 6.93. The third kappa shape index (κ3) is 2.63. The number of hydrogen-bond donors (Lipinski definition) is 1. The van der Waals surface area contributed by atoms with Crippen molar-refractivity contribution in [3.8, 4) is 0 Å². The van der Waals surface area contributed by atoms with E-state index in [1.54, 1.807) is 0 Å². The van der Waals surface area contributed by atoms with Crippen LogP contribution in [0.1, 0.15) is 32.1 Å². The normalized spacial score (nSPS) is 29.2. The zero-order valence-electron chi connectivity index (χ0n) is 10.4. The molecule has 2 fully saturated rings. The summed E-state index contributed by atoms with van der Waals surface area (Å²) in [5.74, 6) is 1.76. The molecule has 1 N–H and O–H groups in total. The fraction of sp³-hybridized carbons (Fsp3) is 0.667. The van der Waals surface area contributed by atoms with E-state index < -0.39 is 4.92 Å². The van der Waals surface area contributed by atoms with E-state index in [2.05, 4.69) is 15.5 Å². The zero-order valence-corrected chi connectivity index (χ0v) is 11.1. The fourth-order valence-corrected chi connectivity index (χ4v) is 3.56. The Hall–Kier alpha value is -1.43. The molecule has 102 valence electrons. The Kier molecular flexibility index (Phi) is 3.26. The molecule has 1 aromatic heterocycles. The van der Waals surface area contributed by atoms with Crippen LogP contribution in [0.2, 0.25) is 5.15 Å². The SMILES string of the molecule is O=[N+]([O-])c1cc(Cl)nnc1N[C@H]1CC2CC[C@@H](C2)C1. The van der Waals surface area contributed by atoms with Gasteiger partial charge in [0.25, 0.3) is 0 Å². The largest absolute Gasteiger partial charge is 0.360 e. The number of nitrogens with zero attached hydrogens (tertiary/aromatic N) is 3. The quantitative estimate of drug-likeness (QED) is 0.681. The number of anilines is 1. The highest BCUT2D eigenvalue weighted by Crippen LogP contribution is 2.43. The lowest BCUT2D eigenvalue weighted by Crippen LogP contribution is -2.28. The summed E-state index contributed by atoms with van der Waals surface area (Å²) >= 11 is 5.65. The van der Waals surface area contributed by atoms with Crippen LogP contribution in [-0.4, -0.2) is 21.2 Å². The summed E-state index contributed by atoms with van der Waals surface area (Å²) in [6.07, 6.45) is 6.02. The van der Waals surface area contributed by atoms with Crippen LogP contribution in [0, 0.1) is 22.0 Å². The molecule has 0 spiro atoms. The Morgan fingerprint density at radius 2 is 1.95 bits per heavy atom. The lowest BCUT2D eigenvalue weighted by molar-refractivity contribution is -0.384. The Bertz CT molecular complexity index is 499. The molecule has 3 rings (SSSR count). The van der Waals surface area contributed by atoms with Crippen LogP contribution in [0.3, 0.4) is 0 Å². The molecular weight excluding hydrogens is 268 g/mol. The van der Waals surface area contributed by atoms with Crippen molar-refractivity contribution in [3.63, 3.8) is 0 Å². The van der Waals surface area contributed by atoms with E-state index >= 15 is 0 Å². The highest BCUT2D eigenvalue weighted by atomic mass is 35.5. The molecule has 19 heavy (non-hydrogen) atoms. The van der Waals surface area contributed by atoms with E-state index in [9.17, 15) is 10.1 Å². The maximum Gasteiger partial charge on any atom is 0.316 e. The molecule has 2 bridgehead atoms. The molecule has 0 aliphatic heterocycles. The van der Waals surface area contributed by atoms with Gasteiger partial charge in [0.05, 0.1) is 11.0 Å². The molecule has 2 aliphatic rings. The van der Waals surface area contributed by atoms with Crippen LogP contribution in [0.15, 0.2) is 6.07 Å². The van der Waals surface area contributed by atoms with Crippen LogP contribution in [0.5, 0.6) is 0 Å². The van der Waals surface area contributed by atoms with Crippen molar-refractivity contribution in [1.29, 1.82) is 0 Å². The van der Waals surface area contributed by atoms with E-state index in [4.69, 9.17) is 11.6 Å². The van der Waals surface area contributed by atoms with Crippen LogP contribution < -0.4 is 5.32 Å². The van der Waals surface area contributed by atoms with Crippen molar-refractivity contribution in [2.24, 2.45) is 11.8 Å². The molecule has 6 nitrogen and oxygen atoms in total. The second kappa shape index (κ2) is 4.92. The Balaban J connectivity index is 1.78. The number of aromatic nitrogens is 2. The first-order chi connectivity index (χ1) is 9.11. The average Bonchev–Trinajstić information content (AvgIpc) is 2.71. The molecule has 1 heterocycles. The summed E-state index contributed by atoms with van der Waals surface area (Å²) in [5, 5.41) is 21.7. The summed E-state index contributed by atoms with van der Waals surface area (Å²) < 4.78 is 0. The molecule has 2 aliphatic carbocycles. The summed E-state index contributed by atoms with van der Waals surface area (Å²) in [4.78, 5) is 10.5. The van der Waals surface area contributed by atoms with Gasteiger partial charge in [0.2, 0.25) is 5.82 Å². The van der Waals surface area contributed by atoms with Gasteiger partial charge in [-0.05, 0) is 31.1 Å². The fourth-order valence-electron chi connectivity index (χ4n) is 3.42. The molecular formula is C12H15ClN4O2. The second-order valence-electron chi connectivity index (χ2n) is 5.52. The van der Waals surface area contributed by atoms with Gasteiger partial charge in [-0.1, -0.05) is 24.4 Å². The summed E-state index contributed by atoms with van der Waals surface area (Å²) in [6.45, 7) is 0. The number of hydrogen-bond acceptors (Lipinski definition) is 5. The summed E-state index contributed by atoms with van der Waals surface area (Å²) in [7, 11) is 0. The van der Waals surface area contributed by atoms with Gasteiger partial charge in [0.15, 0.2) is 5.15 Å². The third-order valence-corrected chi connectivity index (χ3v) is 4.35. The van der Waals surface area contributed by atoms with Crippen molar-refractivity contribution < 1.29 is 4.92 Å².